The van der Waals surface area contributed by atoms with Gasteiger partial charge in [-0.2, -0.15) is 0 Å². The fourth-order valence-corrected chi connectivity index (χ4v) is 0.701. The second-order valence-electron chi connectivity index (χ2n) is 2.49. The van der Waals surface area contributed by atoms with E-state index in [1.54, 1.807) is 0 Å². The summed E-state index contributed by atoms with van der Waals surface area (Å²) in [7, 11) is 0. The van der Waals surface area contributed by atoms with Gasteiger partial charge in [0.25, 0.3) is 0 Å². The first kappa shape index (κ1) is 11.5. The first-order valence-corrected chi connectivity index (χ1v) is 3.99. The number of hydrogen-bond acceptors (Lipinski definition) is 3. The fraction of sp³-hybridized carbons (Fsp3) is 0.667. The molecule has 0 saturated heterocycles. The minimum Gasteiger partial charge on any atom is -0.471 e. The monoisotopic (exact) mass is 173 g/mol. The minimum absolute atomic E-state index is 0.114. The third-order valence-corrected chi connectivity index (χ3v) is 1.07. The van der Waals surface area contributed by atoms with Crippen molar-refractivity contribution < 1.29 is 14.2 Å². The Hall–Kier alpha value is -0.540. The molecule has 0 bridgehead atoms. The van der Waals surface area contributed by atoms with Crippen LogP contribution in [-0.4, -0.2) is 25.6 Å². The summed E-state index contributed by atoms with van der Waals surface area (Å²) in [6.07, 6.45) is 1.09. The Labute approximate surface area is 74.3 Å². The smallest absolute Gasteiger partial charge is 0.222 e. The Morgan fingerprint density at radius 1 is 1.42 bits per heavy atom. The standard InChI is InChI=1S/C9H17O3/c1-5-10-7-9(11-6-2)12-8(3)4/h6,8-9H,1-2,5,7H2,3-4H3. The molecular formula is C9H17O3. The average molecular weight is 173 g/mol. The van der Waals surface area contributed by atoms with Crippen molar-refractivity contribution in [2.45, 2.75) is 26.2 Å². The van der Waals surface area contributed by atoms with Crippen LogP contribution in [0.1, 0.15) is 13.8 Å². The molecule has 3 heteroatoms. The Bertz CT molecular complexity index is 112. The van der Waals surface area contributed by atoms with E-state index in [1.807, 2.05) is 13.8 Å². The van der Waals surface area contributed by atoms with Crippen LogP contribution in [0, 0.1) is 6.92 Å². The second kappa shape index (κ2) is 7.13. The van der Waals surface area contributed by atoms with Crippen molar-refractivity contribution in [3.8, 4) is 0 Å². The second-order valence-corrected chi connectivity index (χ2v) is 2.49. The van der Waals surface area contributed by atoms with Gasteiger partial charge >= 0.3 is 0 Å². The molecule has 1 unspecified atom stereocenters. The summed E-state index contributed by atoms with van der Waals surface area (Å²) in [5.74, 6) is 0. The maximum atomic E-state index is 5.35. The van der Waals surface area contributed by atoms with E-state index in [0.717, 1.165) is 0 Å². The molecule has 0 heterocycles. The zero-order valence-electron chi connectivity index (χ0n) is 7.79. The zero-order valence-corrected chi connectivity index (χ0v) is 7.79. The van der Waals surface area contributed by atoms with Gasteiger partial charge in [0.05, 0.1) is 12.4 Å². The molecule has 0 N–H and O–H groups in total. The predicted octanol–water partition coefficient (Wildman–Crippen LogP) is 1.75. The molecule has 0 aromatic carbocycles. The van der Waals surface area contributed by atoms with Crippen LogP contribution in [0.4, 0.5) is 0 Å². The summed E-state index contributed by atoms with van der Waals surface area (Å²) in [4.78, 5) is 0. The van der Waals surface area contributed by atoms with Gasteiger partial charge in [0.1, 0.15) is 6.61 Å². The van der Waals surface area contributed by atoms with E-state index in [0.29, 0.717) is 13.2 Å². The molecule has 0 spiro atoms. The highest BCUT2D eigenvalue weighted by Gasteiger charge is 2.09. The van der Waals surface area contributed by atoms with Gasteiger partial charge in [-0.15, -0.1) is 0 Å². The van der Waals surface area contributed by atoms with Gasteiger partial charge in [-0.25, -0.2) is 0 Å². The van der Waals surface area contributed by atoms with E-state index in [-0.39, 0.29) is 12.4 Å². The lowest BCUT2D eigenvalue weighted by Gasteiger charge is -2.19. The topological polar surface area (TPSA) is 27.7 Å². The summed E-state index contributed by atoms with van der Waals surface area (Å²) >= 11 is 0. The molecule has 12 heavy (non-hydrogen) atoms. The molecule has 71 valence electrons. The molecule has 0 saturated carbocycles. The molecule has 0 amide bonds. The van der Waals surface area contributed by atoms with E-state index in [9.17, 15) is 0 Å². The molecule has 0 aromatic rings. The van der Waals surface area contributed by atoms with Crippen LogP contribution in [-0.2, 0) is 14.2 Å². The molecule has 0 fully saturated rings. The lowest BCUT2D eigenvalue weighted by Crippen LogP contribution is -2.24. The molecule has 3 nitrogen and oxygen atoms in total. The predicted molar refractivity (Wildman–Crippen MR) is 47.5 cm³/mol. The van der Waals surface area contributed by atoms with Crippen molar-refractivity contribution in [2.24, 2.45) is 0 Å². The maximum absolute atomic E-state index is 5.35. The molecular weight excluding hydrogens is 156 g/mol. The van der Waals surface area contributed by atoms with Crippen LogP contribution >= 0.6 is 0 Å². The van der Waals surface area contributed by atoms with Crippen LogP contribution in [0.5, 0.6) is 0 Å². The van der Waals surface area contributed by atoms with Crippen LogP contribution < -0.4 is 0 Å². The molecule has 0 rings (SSSR count). The van der Waals surface area contributed by atoms with E-state index in [1.165, 1.54) is 6.26 Å². The van der Waals surface area contributed by atoms with Crippen LogP contribution in [0.3, 0.4) is 0 Å². The Morgan fingerprint density at radius 3 is 2.50 bits per heavy atom. The van der Waals surface area contributed by atoms with Crippen LogP contribution in [0.15, 0.2) is 12.8 Å². The third kappa shape index (κ3) is 6.19. The lowest BCUT2D eigenvalue weighted by atomic mass is 10.5. The number of rotatable bonds is 7. The Kier molecular flexibility index (Phi) is 6.81. The summed E-state index contributed by atoms with van der Waals surface area (Å²) in [6, 6.07) is 0. The normalized spacial score (nSPS) is 13.0. The van der Waals surface area contributed by atoms with Crippen molar-refractivity contribution >= 4 is 0 Å². The van der Waals surface area contributed by atoms with Gasteiger partial charge in [-0.3, -0.25) is 0 Å². The summed E-state index contributed by atoms with van der Waals surface area (Å²) in [5, 5.41) is 0. The highest BCUT2D eigenvalue weighted by Crippen LogP contribution is 2.01. The number of ether oxygens (including phenoxy) is 3. The van der Waals surface area contributed by atoms with E-state index in [4.69, 9.17) is 14.2 Å². The molecule has 0 aliphatic rings. The van der Waals surface area contributed by atoms with Crippen molar-refractivity contribution in [3.63, 3.8) is 0 Å². The first-order valence-electron chi connectivity index (χ1n) is 3.99. The minimum atomic E-state index is -0.371. The molecule has 0 aliphatic carbocycles. The van der Waals surface area contributed by atoms with Crippen molar-refractivity contribution in [1.29, 1.82) is 0 Å². The Morgan fingerprint density at radius 2 is 2.08 bits per heavy atom. The van der Waals surface area contributed by atoms with Gasteiger partial charge in [0.2, 0.25) is 6.29 Å². The highest BCUT2D eigenvalue weighted by molar-refractivity contribution is 4.54. The van der Waals surface area contributed by atoms with Gasteiger partial charge in [-0.1, -0.05) is 6.58 Å². The van der Waals surface area contributed by atoms with Gasteiger partial charge in [0.15, 0.2) is 0 Å². The fourth-order valence-electron chi connectivity index (χ4n) is 0.701. The third-order valence-electron chi connectivity index (χ3n) is 1.07. The summed E-state index contributed by atoms with van der Waals surface area (Å²) in [5.41, 5.74) is 0. The molecule has 1 radical (unpaired) electrons. The van der Waals surface area contributed by atoms with Crippen LogP contribution in [0.25, 0.3) is 0 Å². The lowest BCUT2D eigenvalue weighted by molar-refractivity contribution is -0.160. The maximum Gasteiger partial charge on any atom is 0.222 e. The largest absolute Gasteiger partial charge is 0.471 e. The molecule has 0 aliphatic heterocycles. The molecule has 1 atom stereocenters. The Balaban J connectivity index is 3.61. The van der Waals surface area contributed by atoms with Crippen molar-refractivity contribution in [3.05, 3.63) is 19.8 Å². The van der Waals surface area contributed by atoms with E-state index >= 15 is 0 Å². The van der Waals surface area contributed by atoms with Gasteiger partial charge in [0, 0.05) is 6.61 Å². The summed E-state index contributed by atoms with van der Waals surface area (Å²) in [6.45, 7) is 11.6. The average Bonchev–Trinajstić information content (AvgIpc) is 2.00. The van der Waals surface area contributed by atoms with Crippen LogP contribution in [0.2, 0.25) is 0 Å². The quantitative estimate of drug-likeness (QED) is 0.433. The SMILES string of the molecule is [CH2]COCC(OC=C)OC(C)C. The van der Waals surface area contributed by atoms with Gasteiger partial charge < -0.3 is 14.2 Å². The first-order chi connectivity index (χ1) is 5.70. The van der Waals surface area contributed by atoms with Crippen molar-refractivity contribution in [1.82, 2.24) is 0 Å². The highest BCUT2D eigenvalue weighted by atomic mass is 16.7. The van der Waals surface area contributed by atoms with E-state index < -0.39 is 0 Å². The number of hydrogen-bond donors (Lipinski definition) is 0. The summed E-state index contributed by atoms with van der Waals surface area (Å²) < 4.78 is 15.4. The van der Waals surface area contributed by atoms with E-state index in [2.05, 4.69) is 13.5 Å². The zero-order chi connectivity index (χ0) is 9.40. The van der Waals surface area contributed by atoms with Crippen molar-refractivity contribution in [2.75, 3.05) is 13.2 Å². The van der Waals surface area contributed by atoms with Gasteiger partial charge in [-0.05, 0) is 20.8 Å². The molecule has 0 aromatic heterocycles.